The van der Waals surface area contributed by atoms with Crippen molar-refractivity contribution in [2.24, 2.45) is 10.3 Å². The summed E-state index contributed by atoms with van der Waals surface area (Å²) in [5, 5.41) is 14.0. The molecule has 0 radical (unpaired) electrons. The average molecular weight is 492 g/mol. The van der Waals surface area contributed by atoms with E-state index in [0.717, 1.165) is 6.07 Å². The highest BCUT2D eigenvalue weighted by molar-refractivity contribution is 7.90. The highest BCUT2D eigenvalue weighted by atomic mass is 32.2. The molecular formula is C20H21N5O6S2. The van der Waals surface area contributed by atoms with Crippen molar-refractivity contribution >= 4 is 49.5 Å². The Morgan fingerprint density at radius 2 is 2.03 bits per heavy atom. The minimum absolute atomic E-state index is 0.0919. The zero-order chi connectivity index (χ0) is 23.9. The van der Waals surface area contributed by atoms with Crippen molar-refractivity contribution in [2.75, 3.05) is 10.0 Å². The first kappa shape index (κ1) is 22.9. The smallest absolute Gasteiger partial charge is 0.286 e. The lowest BCUT2D eigenvalue weighted by Gasteiger charge is -2.21. The summed E-state index contributed by atoms with van der Waals surface area (Å²) in [7, 11) is -4.29. The molecule has 0 spiro atoms. The Morgan fingerprint density at radius 3 is 2.73 bits per heavy atom. The summed E-state index contributed by atoms with van der Waals surface area (Å²) in [6.45, 7) is 4.34. The van der Waals surface area contributed by atoms with Crippen molar-refractivity contribution in [3.63, 3.8) is 0 Å². The first-order valence-electron chi connectivity index (χ1n) is 9.93. The second-order valence-electron chi connectivity index (χ2n) is 7.84. The summed E-state index contributed by atoms with van der Waals surface area (Å²) >= 11 is -2.39. The van der Waals surface area contributed by atoms with Crippen LogP contribution in [0, 0.1) is 5.92 Å². The van der Waals surface area contributed by atoms with Crippen LogP contribution in [0.15, 0.2) is 50.6 Å². The molecule has 1 aliphatic rings. The Bertz CT molecular complexity index is 1480. The minimum Gasteiger partial charge on any atom is -0.506 e. The fourth-order valence-electron chi connectivity index (χ4n) is 3.50. The molecule has 0 saturated heterocycles. The number of hydrogen-bond acceptors (Lipinski definition) is 7. The van der Waals surface area contributed by atoms with Crippen LogP contribution in [0.5, 0.6) is 5.75 Å². The van der Waals surface area contributed by atoms with Gasteiger partial charge in [0.2, 0.25) is 0 Å². The number of nitrogens with zero attached hydrogens (tertiary/aromatic N) is 3. The van der Waals surface area contributed by atoms with E-state index in [0.29, 0.717) is 18.9 Å². The van der Waals surface area contributed by atoms with Gasteiger partial charge in [0, 0.05) is 18.4 Å². The molecule has 0 fully saturated rings. The number of aryl methyl sites for hydroxylation is 1. The Morgan fingerprint density at radius 1 is 1.27 bits per heavy atom. The number of benzene rings is 1. The third kappa shape index (κ3) is 4.34. The van der Waals surface area contributed by atoms with Crippen molar-refractivity contribution in [3.8, 4) is 5.75 Å². The SMILES string of the molecule is CC(C)CCn1c(=O)c(C2=NS(=O)(=O)c3cc(NS(=O)O)ccc3N2)c(O)c2cccnc21. The van der Waals surface area contributed by atoms with Gasteiger partial charge in [0.1, 0.15) is 21.9 Å². The molecule has 1 aliphatic heterocycles. The van der Waals surface area contributed by atoms with Crippen molar-refractivity contribution < 1.29 is 22.3 Å². The predicted octanol–water partition coefficient (Wildman–Crippen LogP) is 2.26. The van der Waals surface area contributed by atoms with E-state index >= 15 is 0 Å². The number of aromatic hydroxyl groups is 1. The Hall–Kier alpha value is -3.29. The number of fused-ring (bicyclic) bond motifs is 2. The number of aromatic nitrogens is 2. The van der Waals surface area contributed by atoms with E-state index in [2.05, 4.69) is 19.4 Å². The molecule has 4 N–H and O–H groups in total. The first-order valence-corrected chi connectivity index (χ1v) is 12.5. The summed E-state index contributed by atoms with van der Waals surface area (Å²) in [5.74, 6) is -0.454. The quantitative estimate of drug-likeness (QED) is 0.382. The third-order valence-corrected chi connectivity index (χ3v) is 6.82. The van der Waals surface area contributed by atoms with Gasteiger partial charge in [0.05, 0.1) is 11.1 Å². The van der Waals surface area contributed by atoms with Crippen LogP contribution in [-0.2, 0) is 27.8 Å². The second kappa shape index (κ2) is 8.57. The molecule has 0 bridgehead atoms. The first-order chi connectivity index (χ1) is 15.6. The topological polar surface area (TPSA) is 163 Å². The van der Waals surface area contributed by atoms with E-state index in [1.165, 1.54) is 22.9 Å². The van der Waals surface area contributed by atoms with Crippen LogP contribution in [-0.4, -0.2) is 37.7 Å². The lowest BCUT2D eigenvalue weighted by molar-refractivity contribution is 0.473. The molecule has 3 heterocycles. The molecule has 4 rings (SSSR count). The molecule has 2 aromatic heterocycles. The van der Waals surface area contributed by atoms with Crippen LogP contribution in [0.1, 0.15) is 25.8 Å². The van der Waals surface area contributed by atoms with E-state index in [-0.39, 0.29) is 38.7 Å². The van der Waals surface area contributed by atoms with Gasteiger partial charge in [-0.25, -0.2) is 9.19 Å². The number of pyridine rings is 2. The average Bonchev–Trinajstić information content (AvgIpc) is 2.73. The fourth-order valence-corrected chi connectivity index (χ4v) is 4.98. The van der Waals surface area contributed by atoms with E-state index in [9.17, 15) is 22.5 Å². The number of anilines is 2. The zero-order valence-electron chi connectivity index (χ0n) is 17.6. The van der Waals surface area contributed by atoms with E-state index < -0.39 is 32.6 Å². The van der Waals surface area contributed by atoms with Gasteiger partial charge in [-0.3, -0.25) is 18.6 Å². The van der Waals surface area contributed by atoms with Crippen molar-refractivity contribution in [1.82, 2.24) is 9.55 Å². The molecule has 33 heavy (non-hydrogen) atoms. The molecule has 0 saturated carbocycles. The molecule has 1 unspecified atom stereocenters. The molecule has 174 valence electrons. The maximum atomic E-state index is 13.4. The largest absolute Gasteiger partial charge is 0.506 e. The van der Waals surface area contributed by atoms with Gasteiger partial charge in [0.15, 0.2) is 5.84 Å². The maximum absolute atomic E-state index is 13.4. The molecule has 3 aromatic rings. The summed E-state index contributed by atoms with van der Waals surface area (Å²) in [4.78, 5) is 17.4. The molecule has 1 atom stereocenters. The summed E-state index contributed by atoms with van der Waals surface area (Å²) in [6, 6.07) is 7.10. The molecule has 11 nitrogen and oxygen atoms in total. The Balaban J connectivity index is 1.90. The lowest BCUT2D eigenvalue weighted by atomic mass is 10.1. The van der Waals surface area contributed by atoms with E-state index in [1.54, 1.807) is 12.1 Å². The standard InChI is InChI=1S/C20H21N5O6S2/c1-11(2)7-9-25-19-13(4-3-8-21-19)17(26)16(20(25)27)18-22-14-6-5-12(23-32(28)29)10-15(14)33(30,31)24-18/h3-6,8,10-11,23,26H,7,9H2,1-2H3,(H,22,24)(H,28,29). The summed E-state index contributed by atoms with van der Waals surface area (Å²) in [6.07, 6.45) is 2.17. The Kier molecular flexibility index (Phi) is 5.95. The molecular weight excluding hydrogens is 470 g/mol. The molecule has 0 aliphatic carbocycles. The van der Waals surface area contributed by atoms with Crippen LogP contribution in [0.4, 0.5) is 11.4 Å². The van der Waals surface area contributed by atoms with Gasteiger partial charge in [-0.2, -0.15) is 8.42 Å². The highest BCUT2D eigenvalue weighted by Gasteiger charge is 2.30. The minimum atomic E-state index is -4.29. The summed E-state index contributed by atoms with van der Waals surface area (Å²) < 4.78 is 53.1. The normalized spacial score (nSPS) is 15.6. The van der Waals surface area contributed by atoms with Gasteiger partial charge in [-0.15, -0.1) is 4.40 Å². The number of hydrogen-bond donors (Lipinski definition) is 4. The van der Waals surface area contributed by atoms with Crippen LogP contribution in [0.3, 0.4) is 0 Å². The Labute approximate surface area is 191 Å². The van der Waals surface area contributed by atoms with Gasteiger partial charge < -0.3 is 10.4 Å². The third-order valence-electron chi connectivity index (χ3n) is 5.09. The summed E-state index contributed by atoms with van der Waals surface area (Å²) in [5.41, 5.74) is -0.426. The predicted molar refractivity (Wildman–Crippen MR) is 125 cm³/mol. The second-order valence-corrected chi connectivity index (χ2v) is 10.1. The van der Waals surface area contributed by atoms with Crippen molar-refractivity contribution in [2.45, 2.75) is 31.7 Å². The number of rotatable bonds is 6. The van der Waals surface area contributed by atoms with Crippen LogP contribution < -0.4 is 15.6 Å². The number of sulfonamides is 1. The van der Waals surface area contributed by atoms with Gasteiger partial charge in [-0.1, -0.05) is 13.8 Å². The highest BCUT2D eigenvalue weighted by Crippen LogP contribution is 2.33. The number of amidine groups is 1. The van der Waals surface area contributed by atoms with Gasteiger partial charge in [0.25, 0.3) is 26.8 Å². The van der Waals surface area contributed by atoms with E-state index in [4.69, 9.17) is 4.55 Å². The van der Waals surface area contributed by atoms with Crippen LogP contribution in [0.2, 0.25) is 0 Å². The fraction of sp³-hybridized carbons (Fsp3) is 0.250. The monoisotopic (exact) mass is 491 g/mol. The lowest BCUT2D eigenvalue weighted by Crippen LogP contribution is -2.33. The molecule has 1 aromatic carbocycles. The number of nitrogens with one attached hydrogen (secondary N) is 2. The van der Waals surface area contributed by atoms with Gasteiger partial charge >= 0.3 is 0 Å². The van der Waals surface area contributed by atoms with Crippen LogP contribution in [0.25, 0.3) is 11.0 Å². The zero-order valence-corrected chi connectivity index (χ0v) is 19.3. The molecule has 13 heteroatoms. The van der Waals surface area contributed by atoms with Gasteiger partial charge in [-0.05, 0) is 42.7 Å². The van der Waals surface area contributed by atoms with Crippen molar-refractivity contribution in [3.05, 3.63) is 52.4 Å². The maximum Gasteiger partial charge on any atom is 0.286 e. The molecule has 0 amide bonds. The van der Waals surface area contributed by atoms with Crippen LogP contribution >= 0.6 is 0 Å². The van der Waals surface area contributed by atoms with E-state index in [1.807, 2.05) is 13.8 Å². The van der Waals surface area contributed by atoms with Crippen molar-refractivity contribution in [1.29, 1.82) is 0 Å².